The fraction of sp³-hybridized carbons (Fsp3) is 0.273. The molecule has 0 fully saturated rings. The van der Waals surface area contributed by atoms with Crippen molar-refractivity contribution >= 4 is 17.6 Å². The van der Waals surface area contributed by atoms with Gasteiger partial charge in [0.1, 0.15) is 11.6 Å². The molecule has 29 heavy (non-hydrogen) atoms. The van der Waals surface area contributed by atoms with Crippen molar-refractivity contribution in [2.24, 2.45) is 0 Å². The van der Waals surface area contributed by atoms with Gasteiger partial charge in [-0.15, -0.1) is 0 Å². The molecule has 0 aliphatic carbocycles. The van der Waals surface area contributed by atoms with Crippen LogP contribution in [0.5, 0.6) is 0 Å². The van der Waals surface area contributed by atoms with Gasteiger partial charge in [0.25, 0.3) is 0 Å². The Morgan fingerprint density at radius 1 is 1.03 bits per heavy atom. The second kappa shape index (κ2) is 7.67. The van der Waals surface area contributed by atoms with Gasteiger partial charge in [-0.3, -0.25) is 0 Å². The number of hydrogen-bond acceptors (Lipinski definition) is 6. The van der Waals surface area contributed by atoms with Crippen molar-refractivity contribution in [3.8, 4) is 0 Å². The molecule has 2 aromatic carbocycles. The lowest BCUT2D eigenvalue weighted by molar-refractivity contribution is 0.534. The van der Waals surface area contributed by atoms with Crippen LogP contribution in [-0.4, -0.2) is 23.1 Å². The van der Waals surface area contributed by atoms with Gasteiger partial charge in [0.05, 0.1) is 11.6 Å². The highest BCUT2D eigenvalue weighted by molar-refractivity contribution is 5.67. The predicted molar refractivity (Wildman–Crippen MR) is 112 cm³/mol. The first-order chi connectivity index (χ1) is 14.3. The summed E-state index contributed by atoms with van der Waals surface area (Å²) in [4.78, 5) is 11.8. The number of hydrogen-bond donors (Lipinski definition) is 3. The first kappa shape index (κ1) is 17.9. The van der Waals surface area contributed by atoms with Crippen LogP contribution in [0.1, 0.15) is 29.2 Å². The molecule has 6 nitrogen and oxygen atoms in total. The predicted octanol–water partition coefficient (Wildman–Crippen LogP) is 3.65. The number of nitrogens with one attached hydrogen (secondary N) is 3. The molecule has 2 aliphatic heterocycles. The van der Waals surface area contributed by atoms with Gasteiger partial charge in [0, 0.05) is 19.6 Å². The SMILES string of the molecule is Fc1ccc(CCNc2nc3c4c(n2)N(Cc2ccccc2)CCC4NN3)cc1. The summed E-state index contributed by atoms with van der Waals surface area (Å²) < 4.78 is 13.1. The van der Waals surface area contributed by atoms with Crippen molar-refractivity contribution in [1.82, 2.24) is 15.4 Å². The summed E-state index contributed by atoms with van der Waals surface area (Å²) in [6, 6.07) is 17.3. The van der Waals surface area contributed by atoms with Crippen LogP contribution >= 0.6 is 0 Å². The maximum atomic E-state index is 13.1. The second-order valence-electron chi connectivity index (χ2n) is 7.45. The normalized spacial score (nSPS) is 17.0. The zero-order valence-electron chi connectivity index (χ0n) is 16.0. The fourth-order valence-corrected chi connectivity index (χ4v) is 3.96. The van der Waals surface area contributed by atoms with Crippen molar-refractivity contribution < 1.29 is 4.39 Å². The van der Waals surface area contributed by atoms with E-state index >= 15 is 0 Å². The van der Waals surface area contributed by atoms with E-state index in [1.807, 2.05) is 18.2 Å². The Morgan fingerprint density at radius 2 is 1.86 bits per heavy atom. The number of hydrazine groups is 1. The molecular formula is C22H23FN6. The quantitative estimate of drug-likeness (QED) is 0.597. The van der Waals surface area contributed by atoms with Crippen LogP contribution in [0.25, 0.3) is 0 Å². The molecule has 0 amide bonds. The van der Waals surface area contributed by atoms with E-state index in [0.717, 1.165) is 48.7 Å². The maximum Gasteiger partial charge on any atom is 0.226 e. The summed E-state index contributed by atoms with van der Waals surface area (Å²) >= 11 is 0. The largest absolute Gasteiger partial charge is 0.354 e. The van der Waals surface area contributed by atoms with Gasteiger partial charge in [-0.2, -0.15) is 9.97 Å². The molecule has 0 radical (unpaired) electrons. The third kappa shape index (κ3) is 3.73. The van der Waals surface area contributed by atoms with Crippen molar-refractivity contribution in [3.05, 3.63) is 77.1 Å². The van der Waals surface area contributed by atoms with Crippen molar-refractivity contribution in [2.75, 3.05) is 28.7 Å². The Morgan fingerprint density at radius 3 is 2.69 bits per heavy atom. The van der Waals surface area contributed by atoms with Gasteiger partial charge < -0.3 is 15.6 Å². The highest BCUT2D eigenvalue weighted by Gasteiger charge is 2.34. The summed E-state index contributed by atoms with van der Waals surface area (Å²) in [5.41, 5.74) is 10.0. The number of halogens is 1. The molecule has 1 unspecified atom stereocenters. The van der Waals surface area contributed by atoms with E-state index in [2.05, 4.69) is 50.3 Å². The molecule has 3 N–H and O–H groups in total. The molecular weight excluding hydrogens is 367 g/mol. The van der Waals surface area contributed by atoms with E-state index in [9.17, 15) is 4.39 Å². The monoisotopic (exact) mass is 390 g/mol. The summed E-state index contributed by atoms with van der Waals surface area (Å²) in [5, 5.41) is 3.33. The van der Waals surface area contributed by atoms with Crippen LogP contribution in [0.4, 0.5) is 22.0 Å². The van der Waals surface area contributed by atoms with Crippen molar-refractivity contribution in [1.29, 1.82) is 0 Å². The van der Waals surface area contributed by atoms with Gasteiger partial charge in [-0.25, -0.2) is 9.82 Å². The molecule has 148 valence electrons. The van der Waals surface area contributed by atoms with E-state index in [1.165, 1.54) is 17.7 Å². The third-order valence-corrected chi connectivity index (χ3v) is 5.45. The van der Waals surface area contributed by atoms with E-state index in [4.69, 9.17) is 4.98 Å². The number of nitrogens with zero attached hydrogens (tertiary/aromatic N) is 3. The average molecular weight is 390 g/mol. The molecule has 7 heteroatoms. The summed E-state index contributed by atoms with van der Waals surface area (Å²) in [6.07, 6.45) is 1.79. The molecule has 3 heterocycles. The number of aromatic nitrogens is 2. The van der Waals surface area contributed by atoms with Crippen molar-refractivity contribution in [3.63, 3.8) is 0 Å². The minimum absolute atomic E-state index is 0.214. The fourth-order valence-electron chi connectivity index (χ4n) is 3.96. The number of anilines is 3. The Balaban J connectivity index is 1.35. The number of benzene rings is 2. The van der Waals surface area contributed by atoms with Crippen LogP contribution in [0.3, 0.4) is 0 Å². The maximum absolute atomic E-state index is 13.1. The van der Waals surface area contributed by atoms with E-state index in [-0.39, 0.29) is 11.9 Å². The Hall–Kier alpha value is -3.19. The first-order valence-corrected chi connectivity index (χ1v) is 9.97. The van der Waals surface area contributed by atoms with Crippen LogP contribution in [0.2, 0.25) is 0 Å². The Kier molecular flexibility index (Phi) is 4.73. The third-order valence-electron chi connectivity index (χ3n) is 5.45. The van der Waals surface area contributed by atoms with E-state index < -0.39 is 0 Å². The summed E-state index contributed by atoms with van der Waals surface area (Å²) in [6.45, 7) is 2.44. The van der Waals surface area contributed by atoms with Gasteiger partial charge >= 0.3 is 0 Å². The Labute approximate surface area is 169 Å². The van der Waals surface area contributed by atoms with Crippen LogP contribution in [0, 0.1) is 5.82 Å². The molecule has 0 spiro atoms. The lowest BCUT2D eigenvalue weighted by Crippen LogP contribution is -2.34. The average Bonchev–Trinajstić information content (AvgIpc) is 3.16. The smallest absolute Gasteiger partial charge is 0.226 e. The zero-order valence-corrected chi connectivity index (χ0v) is 16.0. The lowest BCUT2D eigenvalue weighted by Gasteiger charge is -2.32. The summed E-state index contributed by atoms with van der Waals surface area (Å²) in [7, 11) is 0. The van der Waals surface area contributed by atoms with Crippen LogP contribution in [-0.2, 0) is 13.0 Å². The number of rotatable bonds is 6. The first-order valence-electron chi connectivity index (χ1n) is 9.97. The topological polar surface area (TPSA) is 65.1 Å². The molecule has 0 bridgehead atoms. The Bertz CT molecular complexity index is 992. The molecule has 0 saturated heterocycles. The molecule has 3 aromatic rings. The highest BCUT2D eigenvalue weighted by atomic mass is 19.1. The minimum atomic E-state index is -0.214. The van der Waals surface area contributed by atoms with Gasteiger partial charge in [-0.05, 0) is 36.1 Å². The lowest BCUT2D eigenvalue weighted by atomic mass is 10.0. The zero-order chi connectivity index (χ0) is 19.6. The van der Waals surface area contributed by atoms with Crippen LogP contribution < -0.4 is 21.1 Å². The van der Waals surface area contributed by atoms with Crippen LogP contribution in [0.15, 0.2) is 54.6 Å². The molecule has 1 aromatic heterocycles. The van der Waals surface area contributed by atoms with Gasteiger partial charge in [0.2, 0.25) is 5.95 Å². The summed E-state index contributed by atoms with van der Waals surface area (Å²) in [5.74, 6) is 2.23. The van der Waals surface area contributed by atoms with Crippen molar-refractivity contribution in [2.45, 2.75) is 25.4 Å². The molecule has 2 aliphatic rings. The van der Waals surface area contributed by atoms with E-state index in [0.29, 0.717) is 12.5 Å². The highest BCUT2D eigenvalue weighted by Crippen LogP contribution is 2.41. The molecule has 0 saturated carbocycles. The minimum Gasteiger partial charge on any atom is -0.354 e. The molecule has 5 rings (SSSR count). The molecule has 1 atom stereocenters. The van der Waals surface area contributed by atoms with Gasteiger partial charge in [0.15, 0.2) is 5.82 Å². The van der Waals surface area contributed by atoms with Gasteiger partial charge in [-0.1, -0.05) is 42.5 Å². The van der Waals surface area contributed by atoms with E-state index in [1.54, 1.807) is 0 Å². The standard InChI is InChI=1S/C22H23FN6/c23-17-8-6-15(7-9-17)10-12-24-22-25-20-19-18(27-28-20)11-13-29(21(19)26-22)14-16-4-2-1-3-5-16/h1-9,18,27H,10-14H2,(H2,24,25,26,28). The second-order valence-corrected chi connectivity index (χ2v) is 7.45.